The SMILES string of the molecule is O=C(NCc1ccco1)[C@@H](c1ccccc1F)N(C(=O)Cn1nnc2ccccc21)C1CCCC1. The first-order valence-electron chi connectivity index (χ1n) is 11.8. The number of benzene rings is 2. The molecule has 0 radical (unpaired) electrons. The van der Waals surface area contributed by atoms with Crippen LogP contribution in [0.4, 0.5) is 4.39 Å². The number of carbonyl (C=O) groups excluding carboxylic acids is 2. The van der Waals surface area contributed by atoms with Gasteiger partial charge in [-0.2, -0.15) is 0 Å². The van der Waals surface area contributed by atoms with Crippen LogP contribution in [-0.4, -0.2) is 37.7 Å². The zero-order valence-corrected chi connectivity index (χ0v) is 19.1. The van der Waals surface area contributed by atoms with Crippen molar-refractivity contribution in [2.75, 3.05) is 0 Å². The lowest BCUT2D eigenvalue weighted by Crippen LogP contribution is -2.49. The summed E-state index contributed by atoms with van der Waals surface area (Å²) in [5, 5.41) is 11.1. The molecule has 1 N–H and O–H groups in total. The highest BCUT2D eigenvalue weighted by Crippen LogP contribution is 2.33. The van der Waals surface area contributed by atoms with Crippen LogP contribution in [0.2, 0.25) is 0 Å². The maximum Gasteiger partial charge on any atom is 0.247 e. The number of rotatable bonds is 8. The van der Waals surface area contributed by atoms with Gasteiger partial charge in [-0.1, -0.05) is 48.4 Å². The molecule has 1 fully saturated rings. The molecule has 0 bridgehead atoms. The van der Waals surface area contributed by atoms with Gasteiger partial charge in [0.2, 0.25) is 11.8 Å². The predicted octanol–water partition coefficient (Wildman–Crippen LogP) is 3.99. The molecule has 9 heteroatoms. The van der Waals surface area contributed by atoms with Crippen molar-refractivity contribution in [3.05, 3.63) is 84.1 Å². The van der Waals surface area contributed by atoms with Crippen molar-refractivity contribution in [3.63, 3.8) is 0 Å². The van der Waals surface area contributed by atoms with Crippen molar-refractivity contribution in [1.82, 2.24) is 25.2 Å². The molecular formula is C26H26FN5O3. The summed E-state index contributed by atoms with van der Waals surface area (Å²) >= 11 is 0. The number of carbonyl (C=O) groups is 2. The Morgan fingerprint density at radius 1 is 1.09 bits per heavy atom. The van der Waals surface area contributed by atoms with Crippen LogP contribution in [-0.2, 0) is 22.7 Å². The van der Waals surface area contributed by atoms with Gasteiger partial charge >= 0.3 is 0 Å². The highest BCUT2D eigenvalue weighted by Gasteiger charge is 2.39. The van der Waals surface area contributed by atoms with Gasteiger partial charge in [0.05, 0.1) is 18.3 Å². The summed E-state index contributed by atoms with van der Waals surface area (Å²) in [4.78, 5) is 28.9. The van der Waals surface area contributed by atoms with E-state index >= 15 is 4.39 Å². The van der Waals surface area contributed by atoms with Crippen LogP contribution in [0.1, 0.15) is 43.0 Å². The highest BCUT2D eigenvalue weighted by molar-refractivity contribution is 5.89. The summed E-state index contributed by atoms with van der Waals surface area (Å²) in [6.07, 6.45) is 4.91. The van der Waals surface area contributed by atoms with E-state index in [9.17, 15) is 9.59 Å². The second-order valence-corrected chi connectivity index (χ2v) is 8.70. The van der Waals surface area contributed by atoms with E-state index in [2.05, 4.69) is 15.6 Å². The fourth-order valence-electron chi connectivity index (χ4n) is 4.78. The molecule has 2 aromatic heterocycles. The van der Waals surface area contributed by atoms with Gasteiger partial charge in [0.15, 0.2) is 0 Å². The number of hydrogen-bond acceptors (Lipinski definition) is 5. The van der Waals surface area contributed by atoms with Crippen molar-refractivity contribution < 1.29 is 18.4 Å². The Morgan fingerprint density at radius 2 is 1.86 bits per heavy atom. The number of nitrogens with zero attached hydrogens (tertiary/aromatic N) is 4. The third-order valence-electron chi connectivity index (χ3n) is 6.45. The molecular weight excluding hydrogens is 449 g/mol. The first-order valence-corrected chi connectivity index (χ1v) is 11.8. The van der Waals surface area contributed by atoms with Crippen LogP contribution in [0.15, 0.2) is 71.3 Å². The summed E-state index contributed by atoms with van der Waals surface area (Å²) in [5.74, 6) is -0.740. The Hall–Kier alpha value is -4.01. The average molecular weight is 476 g/mol. The van der Waals surface area contributed by atoms with Gasteiger partial charge in [-0.15, -0.1) is 5.10 Å². The lowest BCUT2D eigenvalue weighted by Gasteiger charge is -2.36. The van der Waals surface area contributed by atoms with Crippen molar-refractivity contribution in [2.24, 2.45) is 0 Å². The average Bonchev–Trinajstić information content (AvgIpc) is 3.64. The first-order chi connectivity index (χ1) is 17.1. The molecule has 5 rings (SSSR count). The minimum Gasteiger partial charge on any atom is -0.467 e. The summed E-state index contributed by atoms with van der Waals surface area (Å²) in [5.41, 5.74) is 1.56. The normalized spacial score (nSPS) is 14.8. The van der Waals surface area contributed by atoms with Gasteiger partial charge < -0.3 is 14.6 Å². The summed E-state index contributed by atoms with van der Waals surface area (Å²) in [6.45, 7) is 0.0324. The van der Waals surface area contributed by atoms with Crippen molar-refractivity contribution >= 4 is 22.8 Å². The molecule has 1 saturated carbocycles. The zero-order valence-electron chi connectivity index (χ0n) is 19.1. The smallest absolute Gasteiger partial charge is 0.247 e. The topological polar surface area (TPSA) is 93.3 Å². The monoisotopic (exact) mass is 475 g/mol. The number of furan rings is 1. The van der Waals surface area contributed by atoms with Crippen LogP contribution in [0.3, 0.4) is 0 Å². The molecule has 2 aromatic carbocycles. The Kier molecular flexibility index (Phi) is 6.56. The molecule has 0 aliphatic heterocycles. The predicted molar refractivity (Wildman–Crippen MR) is 126 cm³/mol. The number of fused-ring (bicyclic) bond motifs is 1. The molecule has 2 amide bonds. The lowest BCUT2D eigenvalue weighted by atomic mass is 10.00. The molecule has 1 aliphatic carbocycles. The highest BCUT2D eigenvalue weighted by atomic mass is 19.1. The largest absolute Gasteiger partial charge is 0.467 e. The third kappa shape index (κ3) is 4.80. The Labute approximate surface area is 201 Å². The van der Waals surface area contributed by atoms with Gasteiger partial charge in [0.25, 0.3) is 0 Å². The van der Waals surface area contributed by atoms with Crippen molar-refractivity contribution in [3.8, 4) is 0 Å². The molecule has 0 saturated heterocycles. The Morgan fingerprint density at radius 3 is 2.63 bits per heavy atom. The second kappa shape index (κ2) is 10.1. The molecule has 8 nitrogen and oxygen atoms in total. The van der Waals surface area contributed by atoms with Gasteiger partial charge in [0.1, 0.15) is 29.7 Å². The van der Waals surface area contributed by atoms with Crippen LogP contribution >= 0.6 is 0 Å². The number of hydrogen-bond donors (Lipinski definition) is 1. The molecule has 35 heavy (non-hydrogen) atoms. The minimum atomic E-state index is -1.13. The maximum atomic E-state index is 15.0. The van der Waals surface area contributed by atoms with Gasteiger partial charge in [-0.05, 0) is 43.2 Å². The van der Waals surface area contributed by atoms with Crippen molar-refractivity contribution in [2.45, 2.75) is 50.9 Å². The Balaban J connectivity index is 1.50. The number of amides is 2. The Bertz CT molecular complexity index is 1310. The zero-order chi connectivity index (χ0) is 24.2. The third-order valence-corrected chi connectivity index (χ3v) is 6.45. The maximum absolute atomic E-state index is 15.0. The van der Waals surface area contributed by atoms with E-state index < -0.39 is 17.8 Å². The number of nitrogens with one attached hydrogen (secondary N) is 1. The van der Waals surface area contributed by atoms with Gasteiger partial charge in [0, 0.05) is 11.6 Å². The number of para-hydroxylation sites is 1. The molecule has 180 valence electrons. The van der Waals surface area contributed by atoms with E-state index in [1.54, 1.807) is 35.2 Å². The summed E-state index contributed by atoms with van der Waals surface area (Å²) in [6, 6.07) is 15.6. The molecule has 0 unspecified atom stereocenters. The second-order valence-electron chi connectivity index (χ2n) is 8.70. The van der Waals surface area contributed by atoms with Crippen molar-refractivity contribution in [1.29, 1.82) is 0 Å². The molecule has 2 heterocycles. The fraction of sp³-hybridized carbons (Fsp3) is 0.308. The first kappa shape index (κ1) is 22.8. The number of aromatic nitrogens is 3. The quantitative estimate of drug-likeness (QED) is 0.416. The molecule has 1 atom stereocenters. The van der Waals surface area contributed by atoms with Crippen LogP contribution in [0, 0.1) is 5.82 Å². The summed E-state index contributed by atoms with van der Waals surface area (Å²) in [7, 11) is 0. The van der Waals surface area contributed by atoms with E-state index in [1.165, 1.54) is 17.0 Å². The van der Waals surface area contributed by atoms with E-state index in [0.717, 1.165) is 31.2 Å². The fourth-order valence-corrected chi connectivity index (χ4v) is 4.78. The minimum absolute atomic E-state index is 0.104. The van der Waals surface area contributed by atoms with Crippen LogP contribution < -0.4 is 5.32 Å². The standard InChI is InChI=1S/C26H26FN5O3/c27-21-12-4-3-11-20(21)25(26(34)28-16-19-10-7-15-35-19)32(18-8-1-2-9-18)24(33)17-31-23-14-6-5-13-22(23)29-30-31/h3-7,10-15,18,25H,1-2,8-9,16-17H2,(H,28,34)/t25-/m1/s1. The lowest BCUT2D eigenvalue weighted by molar-refractivity contribution is -0.144. The van der Waals surface area contributed by atoms with Crippen LogP contribution in [0.5, 0.6) is 0 Å². The van der Waals surface area contributed by atoms with Gasteiger partial charge in [-0.3, -0.25) is 9.59 Å². The van der Waals surface area contributed by atoms with E-state index in [-0.39, 0.29) is 30.6 Å². The molecule has 1 aliphatic rings. The van der Waals surface area contributed by atoms with Gasteiger partial charge in [-0.25, -0.2) is 9.07 Å². The van der Waals surface area contributed by atoms with E-state index in [0.29, 0.717) is 11.3 Å². The molecule has 4 aromatic rings. The van der Waals surface area contributed by atoms with Crippen LogP contribution in [0.25, 0.3) is 11.0 Å². The summed E-state index contributed by atoms with van der Waals surface area (Å²) < 4.78 is 21.9. The number of halogens is 1. The molecule has 0 spiro atoms. The van der Waals surface area contributed by atoms with E-state index in [1.807, 2.05) is 24.3 Å². The van der Waals surface area contributed by atoms with E-state index in [4.69, 9.17) is 4.42 Å².